The van der Waals surface area contributed by atoms with Crippen LogP contribution in [0.1, 0.15) is 44.4 Å². The van der Waals surface area contributed by atoms with Crippen LogP contribution < -0.4 is 0 Å². The Hall–Kier alpha value is -0.980. The van der Waals surface area contributed by atoms with E-state index in [1.165, 1.54) is 0 Å². The van der Waals surface area contributed by atoms with Gasteiger partial charge >= 0.3 is 0 Å². The molecule has 0 unspecified atom stereocenters. The largest absolute Gasteiger partial charge is 0.395 e. The summed E-state index contributed by atoms with van der Waals surface area (Å²) < 4.78 is 5.39. The van der Waals surface area contributed by atoms with E-state index < -0.39 is 0 Å². The smallest absolute Gasteiger partial charge is 0.243 e. The standard InChI is InChI=1S/C14H26N4O2/c1-3-4-5-13-15-14(20-16-13)12(2)18-8-6-17(7-9-18)10-11-19/h12,19H,3-11H2,1-2H3/t12-/m0/s1. The SMILES string of the molecule is CCCCc1noc([C@H](C)N2CCN(CCO)CC2)n1. The molecule has 6 heteroatoms. The summed E-state index contributed by atoms with van der Waals surface area (Å²) in [5, 5.41) is 13.0. The summed E-state index contributed by atoms with van der Waals surface area (Å²) in [6, 6.07) is 0.175. The predicted molar refractivity (Wildman–Crippen MR) is 76.4 cm³/mol. The molecule has 1 atom stereocenters. The molecule has 1 aliphatic rings. The molecular weight excluding hydrogens is 256 g/mol. The number of hydrogen-bond donors (Lipinski definition) is 1. The van der Waals surface area contributed by atoms with E-state index >= 15 is 0 Å². The molecule has 1 aliphatic heterocycles. The summed E-state index contributed by atoms with van der Waals surface area (Å²) >= 11 is 0. The number of aromatic nitrogens is 2. The minimum Gasteiger partial charge on any atom is -0.395 e. The van der Waals surface area contributed by atoms with Crippen LogP contribution in [-0.4, -0.2) is 64.4 Å². The minimum atomic E-state index is 0.175. The molecule has 1 saturated heterocycles. The highest BCUT2D eigenvalue weighted by molar-refractivity contribution is 4.93. The number of aliphatic hydroxyl groups is 1. The molecule has 20 heavy (non-hydrogen) atoms. The molecule has 0 amide bonds. The van der Waals surface area contributed by atoms with E-state index in [9.17, 15) is 0 Å². The Morgan fingerprint density at radius 1 is 1.30 bits per heavy atom. The van der Waals surface area contributed by atoms with Gasteiger partial charge in [0.15, 0.2) is 5.82 Å². The van der Waals surface area contributed by atoms with Crippen LogP contribution in [-0.2, 0) is 6.42 Å². The quantitative estimate of drug-likeness (QED) is 0.807. The third-order valence-corrected chi connectivity index (χ3v) is 3.97. The highest BCUT2D eigenvalue weighted by Crippen LogP contribution is 2.20. The topological polar surface area (TPSA) is 65.6 Å². The van der Waals surface area contributed by atoms with Crippen LogP contribution in [0.5, 0.6) is 0 Å². The fourth-order valence-electron chi connectivity index (χ4n) is 2.55. The molecule has 2 rings (SSSR count). The zero-order chi connectivity index (χ0) is 14.4. The van der Waals surface area contributed by atoms with Crippen molar-refractivity contribution in [2.75, 3.05) is 39.3 Å². The number of aryl methyl sites for hydroxylation is 1. The molecule has 0 bridgehead atoms. The fourth-order valence-corrected chi connectivity index (χ4v) is 2.55. The lowest BCUT2D eigenvalue weighted by atomic mass is 10.2. The van der Waals surface area contributed by atoms with Crippen molar-refractivity contribution in [3.8, 4) is 0 Å². The summed E-state index contributed by atoms with van der Waals surface area (Å²) in [4.78, 5) is 9.15. The van der Waals surface area contributed by atoms with Crippen molar-refractivity contribution in [2.45, 2.75) is 39.2 Å². The van der Waals surface area contributed by atoms with Gasteiger partial charge in [0.05, 0.1) is 12.6 Å². The number of hydrogen-bond acceptors (Lipinski definition) is 6. The van der Waals surface area contributed by atoms with Gasteiger partial charge in [-0.15, -0.1) is 0 Å². The normalized spacial score (nSPS) is 19.4. The Kier molecular flexibility index (Phi) is 5.94. The molecule has 1 aromatic rings. The van der Waals surface area contributed by atoms with Gasteiger partial charge in [0.2, 0.25) is 5.89 Å². The molecule has 0 aromatic carbocycles. The van der Waals surface area contributed by atoms with Gasteiger partial charge < -0.3 is 9.63 Å². The molecule has 6 nitrogen and oxygen atoms in total. The maximum atomic E-state index is 8.96. The summed E-state index contributed by atoms with van der Waals surface area (Å²) in [7, 11) is 0. The molecule has 0 spiro atoms. The Balaban J connectivity index is 1.85. The van der Waals surface area contributed by atoms with Crippen molar-refractivity contribution in [3.05, 3.63) is 11.7 Å². The van der Waals surface area contributed by atoms with Crippen LogP contribution in [0.3, 0.4) is 0 Å². The first-order valence-electron chi connectivity index (χ1n) is 7.64. The first-order chi connectivity index (χ1) is 9.74. The monoisotopic (exact) mass is 282 g/mol. The van der Waals surface area contributed by atoms with E-state index in [1.54, 1.807) is 0 Å². The lowest BCUT2D eigenvalue weighted by molar-refractivity contribution is 0.0776. The Morgan fingerprint density at radius 2 is 2.05 bits per heavy atom. The van der Waals surface area contributed by atoms with E-state index in [0.717, 1.165) is 63.7 Å². The highest BCUT2D eigenvalue weighted by Gasteiger charge is 2.25. The Morgan fingerprint density at radius 3 is 2.70 bits per heavy atom. The lowest BCUT2D eigenvalue weighted by Gasteiger charge is -2.36. The van der Waals surface area contributed by atoms with Crippen molar-refractivity contribution < 1.29 is 9.63 Å². The number of piperazine rings is 1. The molecule has 0 radical (unpaired) electrons. The second kappa shape index (κ2) is 7.71. The van der Waals surface area contributed by atoms with Gasteiger partial charge in [-0.25, -0.2) is 0 Å². The summed E-state index contributed by atoms with van der Waals surface area (Å²) in [6.45, 7) is 9.23. The predicted octanol–water partition coefficient (Wildman–Crippen LogP) is 1.08. The van der Waals surface area contributed by atoms with Gasteiger partial charge in [-0.2, -0.15) is 4.98 Å². The van der Waals surface area contributed by atoms with E-state index in [2.05, 4.69) is 33.8 Å². The van der Waals surface area contributed by atoms with E-state index in [0.29, 0.717) is 0 Å². The average molecular weight is 282 g/mol. The van der Waals surface area contributed by atoms with Crippen molar-refractivity contribution in [1.82, 2.24) is 19.9 Å². The van der Waals surface area contributed by atoms with Gasteiger partial charge in [0, 0.05) is 39.1 Å². The van der Waals surface area contributed by atoms with Crippen molar-refractivity contribution in [2.24, 2.45) is 0 Å². The third-order valence-electron chi connectivity index (χ3n) is 3.97. The van der Waals surface area contributed by atoms with Gasteiger partial charge in [0.25, 0.3) is 0 Å². The van der Waals surface area contributed by atoms with Gasteiger partial charge in [-0.1, -0.05) is 18.5 Å². The van der Waals surface area contributed by atoms with Gasteiger partial charge in [0.1, 0.15) is 0 Å². The number of rotatable bonds is 7. The zero-order valence-corrected chi connectivity index (χ0v) is 12.6. The maximum absolute atomic E-state index is 8.96. The average Bonchev–Trinajstić information content (AvgIpc) is 2.94. The van der Waals surface area contributed by atoms with E-state index in [1.807, 2.05) is 0 Å². The minimum absolute atomic E-state index is 0.175. The molecule has 1 N–H and O–H groups in total. The van der Waals surface area contributed by atoms with Crippen LogP contribution in [0.15, 0.2) is 4.52 Å². The Bertz CT molecular complexity index is 388. The molecule has 0 saturated carbocycles. The first kappa shape index (κ1) is 15.4. The molecule has 1 aromatic heterocycles. The van der Waals surface area contributed by atoms with Crippen molar-refractivity contribution >= 4 is 0 Å². The lowest BCUT2D eigenvalue weighted by Crippen LogP contribution is -2.47. The number of unbranched alkanes of at least 4 members (excludes halogenated alkanes) is 1. The van der Waals surface area contributed by atoms with Crippen LogP contribution in [0.4, 0.5) is 0 Å². The van der Waals surface area contributed by atoms with Crippen LogP contribution in [0, 0.1) is 0 Å². The molecule has 1 fully saturated rings. The molecule has 0 aliphatic carbocycles. The third kappa shape index (κ3) is 4.01. The fraction of sp³-hybridized carbons (Fsp3) is 0.857. The first-order valence-corrected chi connectivity index (χ1v) is 7.64. The van der Waals surface area contributed by atoms with Crippen molar-refractivity contribution in [1.29, 1.82) is 0 Å². The van der Waals surface area contributed by atoms with E-state index in [-0.39, 0.29) is 12.6 Å². The molecule has 114 valence electrons. The summed E-state index contributed by atoms with van der Waals surface area (Å²) in [6.07, 6.45) is 3.15. The number of aliphatic hydroxyl groups excluding tert-OH is 1. The Labute approximate surface area is 120 Å². The van der Waals surface area contributed by atoms with Crippen LogP contribution >= 0.6 is 0 Å². The van der Waals surface area contributed by atoms with Crippen LogP contribution in [0.25, 0.3) is 0 Å². The van der Waals surface area contributed by atoms with Gasteiger partial charge in [-0.05, 0) is 13.3 Å². The number of nitrogens with zero attached hydrogens (tertiary/aromatic N) is 4. The van der Waals surface area contributed by atoms with Crippen LogP contribution in [0.2, 0.25) is 0 Å². The molecular formula is C14H26N4O2. The molecule has 2 heterocycles. The second-order valence-corrected chi connectivity index (χ2v) is 5.43. The van der Waals surface area contributed by atoms with E-state index in [4.69, 9.17) is 9.63 Å². The maximum Gasteiger partial charge on any atom is 0.243 e. The number of β-amino-alcohol motifs (C(OH)–C–C–N with tert-alkyl or cyclic N) is 1. The van der Waals surface area contributed by atoms with Gasteiger partial charge in [-0.3, -0.25) is 9.80 Å². The highest BCUT2D eigenvalue weighted by atomic mass is 16.5. The zero-order valence-electron chi connectivity index (χ0n) is 12.6. The summed E-state index contributed by atoms with van der Waals surface area (Å²) in [5.41, 5.74) is 0. The summed E-state index contributed by atoms with van der Waals surface area (Å²) in [5.74, 6) is 1.55. The second-order valence-electron chi connectivity index (χ2n) is 5.43. The van der Waals surface area contributed by atoms with Crippen molar-refractivity contribution in [3.63, 3.8) is 0 Å².